The molecule has 0 saturated carbocycles. The van der Waals surface area contributed by atoms with Gasteiger partial charge in [0.15, 0.2) is 11.5 Å². The quantitative estimate of drug-likeness (QED) is 0.371. The largest absolute Gasteiger partial charge is 0.481 e. The van der Waals surface area contributed by atoms with Crippen LogP contribution in [0.1, 0.15) is 29.0 Å². The molecule has 6 rings (SSSR count). The number of piperazine rings is 1. The fourth-order valence-electron chi connectivity index (χ4n) is 5.40. The van der Waals surface area contributed by atoms with Gasteiger partial charge in [-0.05, 0) is 37.1 Å². The Morgan fingerprint density at radius 3 is 2.58 bits per heavy atom. The van der Waals surface area contributed by atoms with Crippen molar-refractivity contribution in [3.63, 3.8) is 0 Å². The van der Waals surface area contributed by atoms with Gasteiger partial charge < -0.3 is 9.64 Å². The third kappa shape index (κ3) is 4.04. The highest BCUT2D eigenvalue weighted by molar-refractivity contribution is 9.10. The summed E-state index contributed by atoms with van der Waals surface area (Å²) >= 11 is 3.50. The van der Waals surface area contributed by atoms with E-state index in [-0.39, 0.29) is 29.6 Å². The van der Waals surface area contributed by atoms with Crippen molar-refractivity contribution < 1.29 is 13.9 Å². The van der Waals surface area contributed by atoms with Gasteiger partial charge in [0.2, 0.25) is 11.7 Å². The summed E-state index contributed by atoms with van der Waals surface area (Å²) in [4.78, 5) is 30.9. The van der Waals surface area contributed by atoms with Crippen LogP contribution < -0.4 is 4.74 Å². The Kier molecular flexibility index (Phi) is 5.93. The van der Waals surface area contributed by atoms with Gasteiger partial charge in [-0.3, -0.25) is 14.1 Å². The fraction of sp³-hybridized carbons (Fsp3) is 0.308. The van der Waals surface area contributed by atoms with Gasteiger partial charge >= 0.3 is 0 Å². The molecule has 1 amide bonds. The fourth-order valence-corrected chi connectivity index (χ4v) is 5.66. The van der Waals surface area contributed by atoms with Gasteiger partial charge in [0, 0.05) is 60.2 Å². The lowest BCUT2D eigenvalue weighted by Gasteiger charge is -2.41. The van der Waals surface area contributed by atoms with Crippen molar-refractivity contribution in [2.75, 3.05) is 20.2 Å². The van der Waals surface area contributed by atoms with E-state index in [9.17, 15) is 9.18 Å². The number of benzene rings is 1. The summed E-state index contributed by atoms with van der Waals surface area (Å²) in [7, 11) is 1.45. The maximum atomic E-state index is 14.5. The van der Waals surface area contributed by atoms with Crippen LogP contribution in [-0.4, -0.2) is 67.3 Å². The summed E-state index contributed by atoms with van der Waals surface area (Å²) in [5.74, 6) is -0.109. The van der Waals surface area contributed by atoms with Crippen LogP contribution in [0.3, 0.4) is 0 Å². The number of ether oxygens (including phenoxy) is 1. The highest BCUT2D eigenvalue weighted by Gasteiger charge is 2.44. The number of likely N-dealkylation sites (tertiary alicyclic amines) is 1. The van der Waals surface area contributed by atoms with Crippen molar-refractivity contribution in [3.8, 4) is 17.1 Å². The number of pyridine rings is 1. The summed E-state index contributed by atoms with van der Waals surface area (Å²) in [5.41, 5.74) is 2.80. The predicted molar refractivity (Wildman–Crippen MR) is 135 cm³/mol. The van der Waals surface area contributed by atoms with E-state index < -0.39 is 5.82 Å². The summed E-state index contributed by atoms with van der Waals surface area (Å²) in [6.07, 6.45) is 5.49. The SMILES string of the molecule is COc1ccc(F)c(C(=O)N2C3CCC2CN(Cc2c(-c4ccc(Br)cc4)nc4ncccn24)C3)n1. The first kappa shape index (κ1) is 23.1. The molecule has 2 aliphatic heterocycles. The molecule has 2 bridgehead atoms. The van der Waals surface area contributed by atoms with E-state index >= 15 is 0 Å². The van der Waals surface area contributed by atoms with Gasteiger partial charge in [0.1, 0.15) is 0 Å². The summed E-state index contributed by atoms with van der Waals surface area (Å²) in [6.45, 7) is 2.06. The number of imidazole rings is 1. The Morgan fingerprint density at radius 2 is 1.86 bits per heavy atom. The number of hydrogen-bond donors (Lipinski definition) is 0. The number of carbonyl (C=O) groups excluding carboxylic acids is 1. The van der Waals surface area contributed by atoms with Crippen LogP contribution in [0.25, 0.3) is 17.0 Å². The monoisotopic (exact) mass is 550 g/mol. The Labute approximate surface area is 215 Å². The second-order valence-corrected chi connectivity index (χ2v) is 10.1. The molecule has 36 heavy (non-hydrogen) atoms. The zero-order valence-electron chi connectivity index (χ0n) is 19.6. The Morgan fingerprint density at radius 1 is 1.11 bits per heavy atom. The van der Waals surface area contributed by atoms with E-state index in [1.165, 1.54) is 19.2 Å². The van der Waals surface area contributed by atoms with E-state index in [1.54, 1.807) is 6.20 Å². The van der Waals surface area contributed by atoms with Crippen molar-refractivity contribution in [2.45, 2.75) is 31.5 Å². The molecule has 0 spiro atoms. The number of aromatic nitrogens is 4. The lowest BCUT2D eigenvalue weighted by atomic mass is 10.1. The minimum Gasteiger partial charge on any atom is -0.481 e. The number of methoxy groups -OCH3 is 1. The minimum atomic E-state index is -0.625. The van der Waals surface area contributed by atoms with E-state index in [4.69, 9.17) is 9.72 Å². The molecule has 4 aromatic rings. The number of carbonyl (C=O) groups is 1. The number of halogens is 2. The molecule has 1 aromatic carbocycles. The average molecular weight is 551 g/mol. The van der Waals surface area contributed by atoms with Crippen molar-refractivity contribution in [3.05, 3.63) is 76.5 Å². The Balaban J connectivity index is 1.27. The third-order valence-corrected chi connectivity index (χ3v) is 7.55. The minimum absolute atomic E-state index is 0.00269. The van der Waals surface area contributed by atoms with Gasteiger partial charge in [-0.2, -0.15) is 0 Å². The number of amides is 1. The van der Waals surface area contributed by atoms with E-state index in [1.807, 2.05) is 45.8 Å². The molecule has 3 aromatic heterocycles. The second-order valence-electron chi connectivity index (χ2n) is 9.18. The predicted octanol–water partition coefficient (Wildman–Crippen LogP) is 4.19. The van der Waals surface area contributed by atoms with Crippen molar-refractivity contribution in [2.24, 2.45) is 0 Å². The third-order valence-electron chi connectivity index (χ3n) is 7.02. The molecule has 2 fully saturated rings. The van der Waals surface area contributed by atoms with Gasteiger partial charge in [-0.15, -0.1) is 0 Å². The zero-order chi connectivity index (χ0) is 24.8. The number of fused-ring (bicyclic) bond motifs is 3. The summed E-state index contributed by atoms with van der Waals surface area (Å²) in [6, 6.07) is 12.7. The molecule has 2 saturated heterocycles. The Hall–Kier alpha value is -3.37. The molecule has 184 valence electrons. The molecule has 0 N–H and O–H groups in total. The lowest BCUT2D eigenvalue weighted by molar-refractivity contribution is 0.0392. The van der Waals surface area contributed by atoms with Crippen LogP contribution in [0.2, 0.25) is 0 Å². The van der Waals surface area contributed by atoms with Crippen LogP contribution in [0.15, 0.2) is 59.3 Å². The maximum Gasteiger partial charge on any atom is 0.276 e. The van der Waals surface area contributed by atoms with Crippen LogP contribution in [0.4, 0.5) is 4.39 Å². The van der Waals surface area contributed by atoms with Gasteiger partial charge in [-0.25, -0.2) is 19.3 Å². The highest BCUT2D eigenvalue weighted by atomic mass is 79.9. The molecule has 2 aliphatic rings. The first-order chi connectivity index (χ1) is 17.5. The zero-order valence-corrected chi connectivity index (χ0v) is 21.2. The highest BCUT2D eigenvalue weighted by Crippen LogP contribution is 2.34. The van der Waals surface area contributed by atoms with Crippen LogP contribution >= 0.6 is 15.9 Å². The first-order valence-corrected chi connectivity index (χ1v) is 12.6. The lowest BCUT2D eigenvalue weighted by Crippen LogP contribution is -2.55. The number of rotatable bonds is 5. The normalized spacial score (nSPS) is 19.7. The summed E-state index contributed by atoms with van der Waals surface area (Å²) < 4.78 is 22.7. The summed E-state index contributed by atoms with van der Waals surface area (Å²) in [5, 5.41) is 0. The number of nitrogens with zero attached hydrogens (tertiary/aromatic N) is 6. The first-order valence-electron chi connectivity index (χ1n) is 11.9. The maximum absolute atomic E-state index is 14.5. The molecule has 8 nitrogen and oxygen atoms in total. The standard InChI is InChI=1S/C26H24BrFN6O2/c1-36-22-10-9-20(28)24(30-22)25(35)34-18-7-8-19(34)14-32(13-18)15-21-23(16-3-5-17(27)6-4-16)31-26-29-11-2-12-33(21)26/h2-6,9-12,18-19H,7-8,13-15H2,1H3. The van der Waals surface area contributed by atoms with Gasteiger partial charge in [0.05, 0.1) is 18.5 Å². The Bertz CT molecular complexity index is 1430. The van der Waals surface area contributed by atoms with E-state index in [0.29, 0.717) is 25.4 Å². The van der Waals surface area contributed by atoms with Crippen LogP contribution in [-0.2, 0) is 6.54 Å². The van der Waals surface area contributed by atoms with Crippen molar-refractivity contribution >= 4 is 27.6 Å². The molecule has 2 atom stereocenters. The molecule has 5 heterocycles. The number of hydrogen-bond acceptors (Lipinski definition) is 6. The molecule has 2 unspecified atom stereocenters. The van der Waals surface area contributed by atoms with Crippen LogP contribution in [0, 0.1) is 5.82 Å². The van der Waals surface area contributed by atoms with Crippen LogP contribution in [0.5, 0.6) is 5.88 Å². The van der Waals surface area contributed by atoms with Crippen molar-refractivity contribution in [1.82, 2.24) is 29.2 Å². The van der Waals surface area contributed by atoms with E-state index in [0.717, 1.165) is 34.3 Å². The van der Waals surface area contributed by atoms with E-state index in [2.05, 4.69) is 30.8 Å². The van der Waals surface area contributed by atoms with Gasteiger partial charge in [-0.1, -0.05) is 28.1 Å². The topological polar surface area (TPSA) is 75.9 Å². The molecular formula is C26H24BrFN6O2. The van der Waals surface area contributed by atoms with Crippen molar-refractivity contribution in [1.29, 1.82) is 0 Å². The molecule has 0 radical (unpaired) electrons. The molecular weight excluding hydrogens is 527 g/mol. The molecule has 10 heteroatoms. The van der Waals surface area contributed by atoms with Gasteiger partial charge in [0.25, 0.3) is 5.91 Å². The average Bonchev–Trinajstić information content (AvgIpc) is 3.38. The smallest absolute Gasteiger partial charge is 0.276 e. The molecule has 0 aliphatic carbocycles. The second kappa shape index (κ2) is 9.25.